The maximum Gasteiger partial charge on any atom is 0.191 e. The van der Waals surface area contributed by atoms with Crippen LogP contribution in [0.5, 0.6) is 11.5 Å². The van der Waals surface area contributed by atoms with Gasteiger partial charge in [0.15, 0.2) is 17.5 Å². The van der Waals surface area contributed by atoms with E-state index in [-0.39, 0.29) is 5.75 Å². The van der Waals surface area contributed by atoms with E-state index >= 15 is 0 Å². The Labute approximate surface area is 140 Å². The molecule has 0 aliphatic carbocycles. The van der Waals surface area contributed by atoms with Gasteiger partial charge in [0.2, 0.25) is 0 Å². The van der Waals surface area contributed by atoms with Crippen LogP contribution in [0.3, 0.4) is 0 Å². The Kier molecular flexibility index (Phi) is 6.22. The maximum atomic E-state index is 9.80. The molecule has 1 heterocycles. The Morgan fingerprint density at radius 1 is 1.39 bits per heavy atom. The molecule has 2 aromatic rings. The van der Waals surface area contributed by atoms with Gasteiger partial charge < -0.3 is 20.5 Å². The second-order valence-corrected chi connectivity index (χ2v) is 6.24. The van der Waals surface area contributed by atoms with Crippen LogP contribution in [-0.4, -0.2) is 29.7 Å². The van der Waals surface area contributed by atoms with Crippen LogP contribution >= 0.6 is 11.3 Å². The number of thiazole rings is 1. The highest BCUT2D eigenvalue weighted by Crippen LogP contribution is 2.26. The Balaban J connectivity index is 1.98. The molecule has 0 spiro atoms. The molecule has 0 radical (unpaired) electrons. The molecule has 0 saturated heterocycles. The number of aromatic hydroxyl groups is 1. The first kappa shape index (κ1) is 17.1. The lowest BCUT2D eigenvalue weighted by atomic mass is 10.2. The number of hydrogen-bond donors (Lipinski definition) is 3. The van der Waals surface area contributed by atoms with Crippen molar-refractivity contribution in [2.24, 2.45) is 4.99 Å². The van der Waals surface area contributed by atoms with E-state index in [1.54, 1.807) is 23.5 Å². The van der Waals surface area contributed by atoms with E-state index in [1.165, 1.54) is 12.0 Å². The molecule has 6 nitrogen and oxygen atoms in total. The van der Waals surface area contributed by atoms with Crippen molar-refractivity contribution in [1.29, 1.82) is 0 Å². The highest BCUT2D eigenvalue weighted by atomic mass is 32.1. The number of nitrogens with one attached hydrogen (secondary N) is 2. The molecule has 0 amide bonds. The predicted octanol–water partition coefficient (Wildman–Crippen LogP) is 2.42. The molecule has 1 aromatic heterocycles. The fourth-order valence-electron chi connectivity index (χ4n) is 1.99. The van der Waals surface area contributed by atoms with E-state index in [0.717, 1.165) is 23.1 Å². The molecule has 0 unspecified atom stereocenters. The van der Waals surface area contributed by atoms with Crippen molar-refractivity contribution in [3.63, 3.8) is 0 Å². The first-order valence-corrected chi connectivity index (χ1v) is 8.23. The minimum atomic E-state index is 0.122. The third-order valence-electron chi connectivity index (χ3n) is 3.08. The van der Waals surface area contributed by atoms with E-state index in [0.29, 0.717) is 18.8 Å². The number of guanidine groups is 1. The smallest absolute Gasteiger partial charge is 0.191 e. The summed E-state index contributed by atoms with van der Waals surface area (Å²) in [5, 5.41) is 17.3. The lowest BCUT2D eigenvalue weighted by Gasteiger charge is -2.10. The van der Waals surface area contributed by atoms with E-state index in [1.807, 2.05) is 26.1 Å². The Morgan fingerprint density at radius 3 is 2.83 bits per heavy atom. The van der Waals surface area contributed by atoms with Crippen molar-refractivity contribution >= 4 is 17.3 Å². The molecular weight excluding hydrogens is 312 g/mol. The van der Waals surface area contributed by atoms with Gasteiger partial charge >= 0.3 is 0 Å². The molecule has 0 saturated carbocycles. The molecule has 1 aromatic carbocycles. The average molecular weight is 334 g/mol. The molecule has 0 atom stereocenters. The normalized spacial score (nSPS) is 11.3. The second-order valence-electron chi connectivity index (χ2n) is 4.92. The quantitative estimate of drug-likeness (QED) is 0.558. The van der Waals surface area contributed by atoms with E-state index in [9.17, 15) is 5.11 Å². The number of aromatic nitrogens is 1. The standard InChI is InChI=1S/C16H22N4O2S/c1-4-17-16(20-10-15-18-8-11(2)23-15)19-9-12-5-6-14(22-3)13(21)7-12/h5-8,21H,4,9-10H2,1-3H3,(H2,17,19,20). The summed E-state index contributed by atoms with van der Waals surface area (Å²) in [5.74, 6) is 1.30. The summed E-state index contributed by atoms with van der Waals surface area (Å²) < 4.78 is 5.04. The van der Waals surface area contributed by atoms with Gasteiger partial charge in [-0.2, -0.15) is 0 Å². The number of phenolic OH excluding ortho intramolecular Hbond substituents is 1. The topological polar surface area (TPSA) is 78.8 Å². The van der Waals surface area contributed by atoms with Gasteiger partial charge in [-0.25, -0.2) is 9.98 Å². The van der Waals surface area contributed by atoms with Crippen molar-refractivity contribution in [2.45, 2.75) is 26.9 Å². The van der Waals surface area contributed by atoms with Crippen LogP contribution in [-0.2, 0) is 13.1 Å². The fraction of sp³-hybridized carbons (Fsp3) is 0.375. The van der Waals surface area contributed by atoms with Crippen LogP contribution in [0.15, 0.2) is 29.4 Å². The van der Waals surface area contributed by atoms with E-state index < -0.39 is 0 Å². The van der Waals surface area contributed by atoms with Crippen LogP contribution in [0.2, 0.25) is 0 Å². The van der Waals surface area contributed by atoms with Crippen molar-refractivity contribution in [1.82, 2.24) is 15.6 Å². The number of benzene rings is 1. The summed E-state index contributed by atoms with van der Waals surface area (Å²) in [5.41, 5.74) is 0.908. The predicted molar refractivity (Wildman–Crippen MR) is 93.2 cm³/mol. The van der Waals surface area contributed by atoms with Crippen LogP contribution in [0.4, 0.5) is 0 Å². The van der Waals surface area contributed by atoms with Crippen molar-refractivity contribution in [2.75, 3.05) is 13.7 Å². The summed E-state index contributed by atoms with van der Waals surface area (Å²) >= 11 is 1.66. The summed E-state index contributed by atoms with van der Waals surface area (Å²) in [7, 11) is 1.53. The highest BCUT2D eigenvalue weighted by molar-refractivity contribution is 7.11. The Hall–Kier alpha value is -2.28. The largest absolute Gasteiger partial charge is 0.504 e. The zero-order chi connectivity index (χ0) is 16.7. The molecular formula is C16H22N4O2S. The third kappa shape index (κ3) is 5.14. The number of aryl methyl sites for hydroxylation is 1. The number of phenols is 1. The SMILES string of the molecule is CCNC(=NCc1ccc(OC)c(O)c1)NCc1ncc(C)s1. The number of hydrogen-bond acceptors (Lipinski definition) is 5. The van der Waals surface area contributed by atoms with Gasteiger partial charge in [0.25, 0.3) is 0 Å². The minimum absolute atomic E-state index is 0.122. The van der Waals surface area contributed by atoms with Crippen molar-refractivity contribution in [3.05, 3.63) is 39.8 Å². The first-order chi connectivity index (χ1) is 11.1. The van der Waals surface area contributed by atoms with Gasteiger partial charge in [-0.1, -0.05) is 6.07 Å². The number of aliphatic imine (C=N–C) groups is 1. The van der Waals surface area contributed by atoms with Crippen LogP contribution in [0.1, 0.15) is 22.4 Å². The summed E-state index contributed by atoms with van der Waals surface area (Å²) in [4.78, 5) is 10.0. The molecule has 23 heavy (non-hydrogen) atoms. The van der Waals surface area contributed by atoms with Gasteiger partial charge in [-0.3, -0.25) is 0 Å². The number of ether oxygens (including phenoxy) is 1. The van der Waals surface area contributed by atoms with Crippen LogP contribution < -0.4 is 15.4 Å². The fourth-order valence-corrected chi connectivity index (χ4v) is 2.72. The average Bonchev–Trinajstić information content (AvgIpc) is 2.95. The molecule has 0 bridgehead atoms. The molecule has 2 rings (SSSR count). The third-order valence-corrected chi connectivity index (χ3v) is 4.00. The second kappa shape index (κ2) is 8.38. The zero-order valence-corrected chi connectivity index (χ0v) is 14.4. The first-order valence-electron chi connectivity index (χ1n) is 7.41. The maximum absolute atomic E-state index is 9.80. The zero-order valence-electron chi connectivity index (χ0n) is 13.6. The summed E-state index contributed by atoms with van der Waals surface area (Å²) in [6.07, 6.45) is 1.87. The van der Waals surface area contributed by atoms with Gasteiger partial charge in [-0.05, 0) is 31.5 Å². The van der Waals surface area contributed by atoms with Gasteiger partial charge in [0, 0.05) is 17.6 Å². The van der Waals surface area contributed by atoms with Crippen molar-refractivity contribution in [3.8, 4) is 11.5 Å². The Bertz CT molecular complexity index is 670. The monoisotopic (exact) mass is 334 g/mol. The lowest BCUT2D eigenvalue weighted by molar-refractivity contribution is 0.373. The minimum Gasteiger partial charge on any atom is -0.504 e. The summed E-state index contributed by atoms with van der Waals surface area (Å²) in [6.45, 7) is 5.93. The van der Waals surface area contributed by atoms with E-state index in [4.69, 9.17) is 4.74 Å². The Morgan fingerprint density at radius 2 is 2.22 bits per heavy atom. The number of rotatable bonds is 6. The van der Waals surface area contributed by atoms with Crippen LogP contribution in [0, 0.1) is 6.92 Å². The van der Waals surface area contributed by atoms with Gasteiger partial charge in [-0.15, -0.1) is 11.3 Å². The molecule has 3 N–H and O–H groups in total. The molecule has 0 aliphatic rings. The molecule has 0 fully saturated rings. The number of nitrogens with zero attached hydrogens (tertiary/aromatic N) is 2. The lowest BCUT2D eigenvalue weighted by Crippen LogP contribution is -2.36. The van der Waals surface area contributed by atoms with Gasteiger partial charge in [0.1, 0.15) is 5.01 Å². The van der Waals surface area contributed by atoms with Crippen molar-refractivity contribution < 1.29 is 9.84 Å². The highest BCUT2D eigenvalue weighted by Gasteiger charge is 2.04. The van der Waals surface area contributed by atoms with E-state index in [2.05, 4.69) is 20.6 Å². The molecule has 7 heteroatoms. The van der Waals surface area contributed by atoms with Gasteiger partial charge in [0.05, 0.1) is 20.2 Å². The summed E-state index contributed by atoms with van der Waals surface area (Å²) in [6, 6.07) is 5.28. The number of methoxy groups -OCH3 is 1. The molecule has 124 valence electrons. The molecule has 0 aliphatic heterocycles. The van der Waals surface area contributed by atoms with Crippen LogP contribution in [0.25, 0.3) is 0 Å².